The average Bonchev–Trinajstić information content (AvgIpc) is 3.25. The number of carbonyl (C=O) groups is 1. The molecule has 6 heteroatoms. The molecule has 1 fully saturated rings. The molecule has 1 atom stereocenters. The van der Waals surface area contributed by atoms with Crippen LogP contribution in [0.25, 0.3) is 0 Å². The van der Waals surface area contributed by atoms with Crippen molar-refractivity contribution in [1.82, 2.24) is 0 Å². The number of ether oxygens (including phenoxy) is 4. The third-order valence-corrected chi connectivity index (χ3v) is 4.39. The first-order valence-electron chi connectivity index (χ1n) is 9.71. The second kappa shape index (κ2) is 10.7. The Balaban J connectivity index is 1.45. The normalized spacial score (nSPS) is 16.0. The van der Waals surface area contributed by atoms with Crippen molar-refractivity contribution in [2.45, 2.75) is 25.9 Å². The number of anilines is 1. The van der Waals surface area contributed by atoms with Gasteiger partial charge < -0.3 is 24.3 Å². The summed E-state index contributed by atoms with van der Waals surface area (Å²) in [5, 5.41) is 2.88. The number of hydrogen-bond donors (Lipinski definition) is 1. The highest BCUT2D eigenvalue weighted by Gasteiger charge is 2.16. The number of rotatable bonds is 10. The third kappa shape index (κ3) is 6.25. The predicted octanol–water partition coefficient (Wildman–Crippen LogP) is 3.91. The van der Waals surface area contributed by atoms with E-state index in [1.54, 1.807) is 24.3 Å². The minimum atomic E-state index is -0.172. The van der Waals surface area contributed by atoms with Gasteiger partial charge in [-0.2, -0.15) is 0 Å². The van der Waals surface area contributed by atoms with Crippen LogP contribution < -0.4 is 14.8 Å². The van der Waals surface area contributed by atoms with Crippen molar-refractivity contribution in [1.29, 1.82) is 0 Å². The Morgan fingerprint density at radius 2 is 1.75 bits per heavy atom. The lowest BCUT2D eigenvalue weighted by Gasteiger charge is -2.12. The maximum Gasteiger partial charge on any atom is 0.255 e. The summed E-state index contributed by atoms with van der Waals surface area (Å²) in [6, 6.07) is 14.4. The van der Waals surface area contributed by atoms with E-state index in [1.165, 1.54) is 0 Å². The fourth-order valence-corrected chi connectivity index (χ4v) is 2.87. The Morgan fingerprint density at radius 1 is 1.04 bits per heavy atom. The van der Waals surface area contributed by atoms with E-state index in [9.17, 15) is 4.79 Å². The van der Waals surface area contributed by atoms with Gasteiger partial charge >= 0.3 is 0 Å². The molecule has 150 valence electrons. The first kappa shape index (κ1) is 20.2. The average molecular weight is 385 g/mol. The summed E-state index contributed by atoms with van der Waals surface area (Å²) >= 11 is 0. The topological polar surface area (TPSA) is 66.0 Å². The van der Waals surface area contributed by atoms with Crippen molar-refractivity contribution in [2.75, 3.05) is 38.4 Å². The monoisotopic (exact) mass is 385 g/mol. The van der Waals surface area contributed by atoms with Crippen molar-refractivity contribution in [3.63, 3.8) is 0 Å². The largest absolute Gasteiger partial charge is 0.491 e. The van der Waals surface area contributed by atoms with Gasteiger partial charge in [0.1, 0.15) is 24.7 Å². The lowest BCUT2D eigenvalue weighted by atomic mass is 10.2. The zero-order chi connectivity index (χ0) is 19.6. The van der Waals surface area contributed by atoms with E-state index in [0.717, 1.165) is 25.2 Å². The Morgan fingerprint density at radius 3 is 2.43 bits per heavy atom. The van der Waals surface area contributed by atoms with Crippen molar-refractivity contribution in [3.05, 3.63) is 54.1 Å². The van der Waals surface area contributed by atoms with Crippen LogP contribution in [0.3, 0.4) is 0 Å². The van der Waals surface area contributed by atoms with Crippen molar-refractivity contribution in [3.8, 4) is 11.5 Å². The van der Waals surface area contributed by atoms with Crippen LogP contribution in [-0.2, 0) is 9.47 Å². The molecule has 1 heterocycles. The van der Waals surface area contributed by atoms with Crippen LogP contribution in [0.1, 0.15) is 30.1 Å². The molecule has 0 bridgehead atoms. The lowest BCUT2D eigenvalue weighted by Crippen LogP contribution is -2.16. The molecule has 6 nitrogen and oxygen atoms in total. The van der Waals surface area contributed by atoms with Crippen LogP contribution in [-0.4, -0.2) is 45.0 Å². The fraction of sp³-hybridized carbons (Fsp3) is 0.409. The second-order valence-electron chi connectivity index (χ2n) is 6.49. The maximum atomic E-state index is 12.4. The zero-order valence-corrected chi connectivity index (χ0v) is 16.2. The van der Waals surface area contributed by atoms with E-state index < -0.39 is 0 Å². The third-order valence-electron chi connectivity index (χ3n) is 4.39. The van der Waals surface area contributed by atoms with E-state index in [4.69, 9.17) is 18.9 Å². The molecule has 1 aliphatic heterocycles. The number of hydrogen-bond acceptors (Lipinski definition) is 5. The molecule has 0 aliphatic carbocycles. The smallest absolute Gasteiger partial charge is 0.255 e. The zero-order valence-electron chi connectivity index (χ0n) is 16.2. The highest BCUT2D eigenvalue weighted by molar-refractivity contribution is 6.04. The summed E-state index contributed by atoms with van der Waals surface area (Å²) in [5.74, 6) is 1.31. The Bertz CT molecular complexity index is 724. The molecule has 0 spiro atoms. The van der Waals surface area contributed by atoms with Crippen LogP contribution in [0.2, 0.25) is 0 Å². The minimum absolute atomic E-state index is 0.172. The highest BCUT2D eigenvalue weighted by atomic mass is 16.5. The van der Waals surface area contributed by atoms with Gasteiger partial charge in [0.2, 0.25) is 0 Å². The summed E-state index contributed by atoms with van der Waals surface area (Å²) in [6.45, 7) is 5.03. The first-order valence-corrected chi connectivity index (χ1v) is 9.71. The maximum absolute atomic E-state index is 12.4. The number of carbonyl (C=O) groups excluding carboxylic acids is 1. The van der Waals surface area contributed by atoms with Gasteiger partial charge in [-0.25, -0.2) is 0 Å². The second-order valence-corrected chi connectivity index (χ2v) is 6.49. The summed E-state index contributed by atoms with van der Waals surface area (Å²) in [7, 11) is 0. The van der Waals surface area contributed by atoms with E-state index in [0.29, 0.717) is 43.4 Å². The summed E-state index contributed by atoms with van der Waals surface area (Å²) in [4.78, 5) is 12.4. The molecule has 3 rings (SSSR count). The van der Waals surface area contributed by atoms with Gasteiger partial charge in [0.05, 0.1) is 12.7 Å². The molecule has 1 amide bonds. The van der Waals surface area contributed by atoms with Crippen LogP contribution >= 0.6 is 0 Å². The number of benzene rings is 2. The standard InChI is InChI=1S/C22H27NO5/c1-2-25-14-15-27-19-9-5-17(6-10-19)22(24)23-18-7-11-20(12-8-18)28-16-21-4-3-13-26-21/h5-12,21H,2-4,13-16H2,1H3,(H,23,24)/t21-/m0/s1. The van der Waals surface area contributed by atoms with Gasteiger partial charge in [-0.05, 0) is 68.3 Å². The van der Waals surface area contributed by atoms with E-state index in [-0.39, 0.29) is 12.0 Å². The minimum Gasteiger partial charge on any atom is -0.491 e. The summed E-state index contributed by atoms with van der Waals surface area (Å²) in [6.07, 6.45) is 2.33. The van der Waals surface area contributed by atoms with E-state index in [2.05, 4.69) is 5.32 Å². The van der Waals surface area contributed by atoms with Crippen molar-refractivity contribution >= 4 is 11.6 Å². The fourth-order valence-electron chi connectivity index (χ4n) is 2.87. The molecule has 0 saturated carbocycles. The predicted molar refractivity (Wildman–Crippen MR) is 107 cm³/mol. The quantitative estimate of drug-likeness (QED) is 0.628. The highest BCUT2D eigenvalue weighted by Crippen LogP contribution is 2.19. The molecule has 1 aliphatic rings. The SMILES string of the molecule is CCOCCOc1ccc(C(=O)Nc2ccc(OC[C@@H]3CCCO3)cc2)cc1. The Kier molecular flexibility index (Phi) is 7.70. The van der Waals surface area contributed by atoms with Gasteiger partial charge in [0, 0.05) is 24.5 Å². The molecule has 2 aromatic carbocycles. The van der Waals surface area contributed by atoms with Crippen LogP contribution in [0.5, 0.6) is 11.5 Å². The molecule has 0 radical (unpaired) electrons. The molecule has 2 aromatic rings. The van der Waals surface area contributed by atoms with Crippen LogP contribution in [0.4, 0.5) is 5.69 Å². The van der Waals surface area contributed by atoms with Crippen molar-refractivity contribution < 1.29 is 23.7 Å². The van der Waals surface area contributed by atoms with Gasteiger partial charge in [-0.1, -0.05) is 0 Å². The number of nitrogens with one attached hydrogen (secondary N) is 1. The molecular formula is C22H27NO5. The van der Waals surface area contributed by atoms with Gasteiger partial charge in [0.25, 0.3) is 5.91 Å². The molecule has 1 saturated heterocycles. The van der Waals surface area contributed by atoms with E-state index in [1.807, 2.05) is 31.2 Å². The van der Waals surface area contributed by atoms with Gasteiger partial charge in [0.15, 0.2) is 0 Å². The molecule has 1 N–H and O–H groups in total. The van der Waals surface area contributed by atoms with Gasteiger partial charge in [-0.15, -0.1) is 0 Å². The molecule has 28 heavy (non-hydrogen) atoms. The van der Waals surface area contributed by atoms with Crippen molar-refractivity contribution in [2.24, 2.45) is 0 Å². The Hall–Kier alpha value is -2.57. The Labute approximate surface area is 165 Å². The van der Waals surface area contributed by atoms with E-state index >= 15 is 0 Å². The van der Waals surface area contributed by atoms with Gasteiger partial charge in [-0.3, -0.25) is 4.79 Å². The van der Waals surface area contributed by atoms with Crippen LogP contribution in [0.15, 0.2) is 48.5 Å². The lowest BCUT2D eigenvalue weighted by molar-refractivity contribution is 0.0679. The molecule has 0 aromatic heterocycles. The van der Waals surface area contributed by atoms with Crippen LogP contribution in [0, 0.1) is 0 Å². The summed E-state index contributed by atoms with van der Waals surface area (Å²) in [5.41, 5.74) is 1.28. The molecule has 0 unspecified atom stereocenters. The molecular weight excluding hydrogens is 358 g/mol. The first-order chi connectivity index (χ1) is 13.7. The summed E-state index contributed by atoms with van der Waals surface area (Å²) < 4.78 is 22.1. The number of amides is 1.